The molecule has 0 bridgehead atoms. The highest BCUT2D eigenvalue weighted by Gasteiger charge is 2.35. The van der Waals surface area contributed by atoms with Gasteiger partial charge in [0.2, 0.25) is 5.82 Å². The Morgan fingerprint density at radius 2 is 1.94 bits per heavy atom. The Morgan fingerprint density at radius 1 is 1.15 bits per heavy atom. The minimum absolute atomic E-state index is 0.134. The summed E-state index contributed by atoms with van der Waals surface area (Å²) in [6, 6.07) is 14.4. The molecule has 2 heterocycles. The molecular weight excluding hydrogens is 452 g/mol. The van der Waals surface area contributed by atoms with Crippen LogP contribution in [0.4, 0.5) is 4.79 Å². The zero-order valence-corrected chi connectivity index (χ0v) is 20.4. The molecule has 1 aliphatic rings. The maximum Gasteiger partial charge on any atom is 0.322 e. The van der Waals surface area contributed by atoms with Gasteiger partial charge in [0, 0.05) is 22.8 Å². The molecule has 178 valence electrons. The first-order valence-electron chi connectivity index (χ1n) is 11.6. The number of carbonyl (C=O) groups excluding carboxylic acids is 1. The Balaban J connectivity index is 1.75. The van der Waals surface area contributed by atoms with Crippen molar-refractivity contribution in [2.45, 2.75) is 46.1 Å². The highest BCUT2D eigenvalue weighted by molar-refractivity contribution is 6.30. The van der Waals surface area contributed by atoms with E-state index < -0.39 is 6.04 Å². The molecule has 1 N–H and O–H groups in total. The predicted octanol–water partition coefficient (Wildman–Crippen LogP) is 6.48. The largest absolute Gasteiger partial charge is 0.494 e. The summed E-state index contributed by atoms with van der Waals surface area (Å²) in [7, 11) is 0. The molecule has 7 nitrogen and oxygen atoms in total. The monoisotopic (exact) mass is 480 g/mol. The number of rotatable bonds is 9. The van der Waals surface area contributed by atoms with Crippen LogP contribution in [-0.4, -0.2) is 34.2 Å². The average Bonchev–Trinajstić information content (AvgIpc) is 3.31. The Morgan fingerprint density at radius 3 is 2.65 bits per heavy atom. The topological polar surface area (TPSA) is 80.5 Å². The van der Waals surface area contributed by atoms with Crippen LogP contribution in [0.25, 0.3) is 17.0 Å². The van der Waals surface area contributed by atoms with Gasteiger partial charge in [0.05, 0.1) is 18.2 Å². The highest BCUT2D eigenvalue weighted by atomic mass is 35.5. The summed E-state index contributed by atoms with van der Waals surface area (Å²) >= 11 is 6.15. The second kappa shape index (κ2) is 10.7. The van der Waals surface area contributed by atoms with Crippen molar-refractivity contribution in [3.8, 4) is 17.1 Å². The number of nitrogens with zero attached hydrogens (tertiary/aromatic N) is 3. The molecule has 1 unspecified atom stereocenters. The lowest BCUT2D eigenvalue weighted by atomic mass is 9.94. The summed E-state index contributed by atoms with van der Waals surface area (Å²) in [4.78, 5) is 19.5. The lowest BCUT2D eigenvalue weighted by Crippen LogP contribution is -2.46. The molecule has 1 atom stereocenters. The van der Waals surface area contributed by atoms with Gasteiger partial charge in [-0.2, -0.15) is 4.98 Å². The van der Waals surface area contributed by atoms with Gasteiger partial charge in [-0.25, -0.2) is 4.79 Å². The van der Waals surface area contributed by atoms with E-state index in [0.717, 1.165) is 47.4 Å². The zero-order chi connectivity index (χ0) is 24.1. The summed E-state index contributed by atoms with van der Waals surface area (Å²) in [6.07, 6.45) is 3.04. The molecule has 4 rings (SSSR count). The van der Waals surface area contributed by atoms with Crippen molar-refractivity contribution < 1.29 is 14.1 Å². The molecule has 8 heteroatoms. The van der Waals surface area contributed by atoms with Crippen LogP contribution in [0.15, 0.2) is 58.8 Å². The summed E-state index contributed by atoms with van der Waals surface area (Å²) in [5.74, 6) is 1.59. The third kappa shape index (κ3) is 5.09. The quantitative estimate of drug-likeness (QED) is 0.354. The smallest absolute Gasteiger partial charge is 0.322 e. The zero-order valence-electron chi connectivity index (χ0n) is 19.7. The van der Waals surface area contributed by atoms with E-state index in [2.05, 4.69) is 22.4 Å². The maximum absolute atomic E-state index is 13.1. The summed E-state index contributed by atoms with van der Waals surface area (Å²) in [6.45, 7) is 7.23. The molecule has 2 aromatic carbocycles. The predicted molar refractivity (Wildman–Crippen MR) is 132 cm³/mol. The molecule has 0 spiro atoms. The standard InChI is InChI=1S/C26H29ClN4O3/c1-4-6-7-15-31-17(3)22(25-29-24(30-34-25)19-9-8-10-20(27)16-19)23(28-26(31)32)18-11-13-21(14-12-18)33-5-2/h8-14,16,23H,4-7,15H2,1-3H3,(H,28,32). The van der Waals surface area contributed by atoms with Gasteiger partial charge in [0.15, 0.2) is 0 Å². The number of carbonyl (C=O) groups is 1. The molecule has 2 amide bonds. The SMILES string of the molecule is CCCCCN1C(=O)NC(c2ccc(OCC)cc2)C(c2nc(-c3cccc(Cl)c3)no2)=C1C. The van der Waals surface area contributed by atoms with Gasteiger partial charge in [-0.05, 0) is 50.1 Å². The van der Waals surface area contributed by atoms with Crippen LogP contribution in [0.3, 0.4) is 0 Å². The second-order valence-corrected chi connectivity index (χ2v) is 8.61. The molecule has 34 heavy (non-hydrogen) atoms. The van der Waals surface area contributed by atoms with Gasteiger partial charge < -0.3 is 14.6 Å². The van der Waals surface area contributed by atoms with E-state index in [9.17, 15) is 4.79 Å². The number of unbranched alkanes of at least 4 members (excludes halogenated alkanes) is 2. The number of amides is 2. The molecular formula is C26H29ClN4O3. The van der Waals surface area contributed by atoms with Crippen LogP contribution in [0.1, 0.15) is 57.5 Å². The Kier molecular flexibility index (Phi) is 7.53. The van der Waals surface area contributed by atoms with Crippen molar-refractivity contribution >= 4 is 23.2 Å². The summed E-state index contributed by atoms with van der Waals surface area (Å²) < 4.78 is 11.3. The first-order valence-corrected chi connectivity index (χ1v) is 12.0. The van der Waals surface area contributed by atoms with Gasteiger partial charge in [0.25, 0.3) is 5.89 Å². The molecule has 3 aromatic rings. The maximum atomic E-state index is 13.1. The average molecular weight is 481 g/mol. The minimum atomic E-state index is -0.432. The third-order valence-corrected chi connectivity index (χ3v) is 6.08. The van der Waals surface area contributed by atoms with Crippen molar-refractivity contribution in [3.05, 3.63) is 70.7 Å². The minimum Gasteiger partial charge on any atom is -0.494 e. The number of aromatic nitrogens is 2. The van der Waals surface area contributed by atoms with E-state index in [-0.39, 0.29) is 6.03 Å². The number of urea groups is 1. The molecule has 0 saturated heterocycles. The molecule has 0 aliphatic carbocycles. The van der Waals surface area contributed by atoms with E-state index >= 15 is 0 Å². The number of allylic oxidation sites excluding steroid dienone is 1. The normalized spacial score (nSPS) is 16.1. The summed E-state index contributed by atoms with van der Waals surface area (Å²) in [5.41, 5.74) is 3.25. The number of nitrogens with one attached hydrogen (secondary N) is 1. The van der Waals surface area contributed by atoms with Crippen LogP contribution in [0, 0.1) is 0 Å². The molecule has 1 aromatic heterocycles. The van der Waals surface area contributed by atoms with E-state index in [1.54, 1.807) is 17.0 Å². The van der Waals surface area contributed by atoms with Crippen molar-refractivity contribution in [1.82, 2.24) is 20.4 Å². The van der Waals surface area contributed by atoms with Crippen LogP contribution in [0.5, 0.6) is 5.75 Å². The number of hydrogen-bond donors (Lipinski definition) is 1. The highest BCUT2D eigenvalue weighted by Crippen LogP contribution is 2.38. The van der Waals surface area contributed by atoms with Gasteiger partial charge in [-0.3, -0.25) is 4.90 Å². The second-order valence-electron chi connectivity index (χ2n) is 8.18. The fourth-order valence-electron chi connectivity index (χ4n) is 4.10. The van der Waals surface area contributed by atoms with Crippen molar-refractivity contribution in [3.63, 3.8) is 0 Å². The van der Waals surface area contributed by atoms with Gasteiger partial charge >= 0.3 is 6.03 Å². The van der Waals surface area contributed by atoms with Crippen LogP contribution in [-0.2, 0) is 0 Å². The molecule has 1 aliphatic heterocycles. The molecule has 0 radical (unpaired) electrons. The van der Waals surface area contributed by atoms with E-state index in [1.165, 1.54) is 0 Å². The van der Waals surface area contributed by atoms with Crippen LogP contribution < -0.4 is 10.1 Å². The van der Waals surface area contributed by atoms with E-state index in [1.807, 2.05) is 50.2 Å². The first kappa shape index (κ1) is 23.8. The molecule has 0 saturated carbocycles. The first-order chi connectivity index (χ1) is 16.5. The number of hydrogen-bond acceptors (Lipinski definition) is 5. The number of ether oxygens (including phenoxy) is 1. The Bertz CT molecular complexity index is 1170. The lowest BCUT2D eigenvalue weighted by molar-refractivity contribution is 0.204. The number of benzene rings is 2. The fraction of sp³-hybridized carbons (Fsp3) is 0.346. The Labute approximate surface area is 204 Å². The summed E-state index contributed by atoms with van der Waals surface area (Å²) in [5, 5.41) is 7.93. The van der Waals surface area contributed by atoms with Crippen LogP contribution in [0.2, 0.25) is 5.02 Å². The van der Waals surface area contributed by atoms with Crippen molar-refractivity contribution in [1.29, 1.82) is 0 Å². The number of halogens is 1. The fourth-order valence-corrected chi connectivity index (χ4v) is 4.29. The van der Waals surface area contributed by atoms with E-state index in [0.29, 0.717) is 29.9 Å². The van der Waals surface area contributed by atoms with Crippen molar-refractivity contribution in [2.24, 2.45) is 0 Å². The van der Waals surface area contributed by atoms with Gasteiger partial charge in [0.1, 0.15) is 5.75 Å². The van der Waals surface area contributed by atoms with E-state index in [4.69, 9.17) is 20.9 Å². The van der Waals surface area contributed by atoms with Crippen LogP contribution >= 0.6 is 11.6 Å². The van der Waals surface area contributed by atoms with Crippen molar-refractivity contribution in [2.75, 3.05) is 13.2 Å². The Hall–Kier alpha value is -3.32. The molecule has 0 fully saturated rings. The lowest BCUT2D eigenvalue weighted by Gasteiger charge is -2.35. The van der Waals surface area contributed by atoms with Gasteiger partial charge in [-0.1, -0.05) is 60.8 Å². The third-order valence-electron chi connectivity index (χ3n) is 5.85. The van der Waals surface area contributed by atoms with Gasteiger partial charge in [-0.15, -0.1) is 0 Å².